The fourth-order valence-corrected chi connectivity index (χ4v) is 9.36. The molecule has 0 saturated heterocycles. The molecule has 140 valence electrons. The van der Waals surface area contributed by atoms with Gasteiger partial charge in [0.1, 0.15) is 5.78 Å². The number of ketones is 1. The fraction of sp³-hybridized carbons (Fsp3) is 0.958. The summed E-state index contributed by atoms with van der Waals surface area (Å²) in [5.41, 5.74) is 1.35. The third-order valence-corrected chi connectivity index (χ3v) is 10.6. The number of Topliss-reactive ketones (excluding diaryl/α,β-unsaturated/α-hetero) is 1. The largest absolute Gasteiger partial charge is 0.299 e. The van der Waals surface area contributed by atoms with Crippen LogP contribution in [0.4, 0.5) is 0 Å². The summed E-state index contributed by atoms with van der Waals surface area (Å²) >= 11 is 0. The molecule has 1 nitrogen and oxygen atoms in total. The number of hydrogen-bond donors (Lipinski definition) is 0. The zero-order chi connectivity index (χ0) is 17.4. The van der Waals surface area contributed by atoms with Crippen molar-refractivity contribution in [1.29, 1.82) is 0 Å². The number of hydrogen-bond acceptors (Lipinski definition) is 1. The van der Waals surface area contributed by atoms with E-state index in [0.717, 1.165) is 36.0 Å². The van der Waals surface area contributed by atoms with E-state index < -0.39 is 0 Å². The first-order valence-corrected chi connectivity index (χ1v) is 11.5. The van der Waals surface area contributed by atoms with Crippen molar-refractivity contribution in [1.82, 2.24) is 0 Å². The van der Waals surface area contributed by atoms with Crippen LogP contribution in [-0.2, 0) is 4.79 Å². The Bertz CT molecular complexity index is 577. The van der Waals surface area contributed by atoms with E-state index in [2.05, 4.69) is 20.8 Å². The van der Waals surface area contributed by atoms with Gasteiger partial charge in [-0.1, -0.05) is 27.2 Å². The highest BCUT2D eigenvalue weighted by atomic mass is 16.1. The summed E-state index contributed by atoms with van der Waals surface area (Å²) in [6, 6.07) is 0. The van der Waals surface area contributed by atoms with Crippen LogP contribution >= 0.6 is 0 Å². The monoisotopic (exact) mass is 342 g/mol. The lowest BCUT2D eigenvalue weighted by Gasteiger charge is -2.67. The van der Waals surface area contributed by atoms with Crippen LogP contribution in [0.25, 0.3) is 0 Å². The molecule has 0 amide bonds. The molecule has 0 spiro atoms. The van der Waals surface area contributed by atoms with Gasteiger partial charge < -0.3 is 0 Å². The smallest absolute Gasteiger partial charge is 0.139 e. The molecule has 0 aliphatic heterocycles. The Labute approximate surface area is 154 Å². The number of carbonyl (C=O) groups is 1. The van der Waals surface area contributed by atoms with Gasteiger partial charge in [-0.15, -0.1) is 0 Å². The molecule has 5 rings (SSSR count). The maximum Gasteiger partial charge on any atom is 0.139 e. The average Bonchev–Trinajstić information content (AvgIpc) is 3.41. The first kappa shape index (κ1) is 16.8. The van der Waals surface area contributed by atoms with Crippen LogP contribution in [-0.4, -0.2) is 5.78 Å². The molecule has 1 heteroatoms. The maximum absolute atomic E-state index is 12.7. The third-order valence-electron chi connectivity index (χ3n) is 10.6. The summed E-state index contributed by atoms with van der Waals surface area (Å²) in [6.45, 7) is 7.40. The van der Waals surface area contributed by atoms with Crippen molar-refractivity contribution in [2.75, 3.05) is 0 Å². The molecule has 5 saturated carbocycles. The van der Waals surface area contributed by atoms with Gasteiger partial charge >= 0.3 is 0 Å². The van der Waals surface area contributed by atoms with Crippen LogP contribution in [0, 0.1) is 45.8 Å². The summed E-state index contributed by atoms with van der Waals surface area (Å²) in [7, 11) is 0. The van der Waals surface area contributed by atoms with E-state index in [1.54, 1.807) is 0 Å². The number of rotatable bonds is 2. The number of fused-ring (bicyclic) bond motifs is 5. The third kappa shape index (κ3) is 1.99. The van der Waals surface area contributed by atoms with E-state index in [4.69, 9.17) is 0 Å². The Hall–Kier alpha value is -0.330. The Morgan fingerprint density at radius 3 is 2.48 bits per heavy atom. The molecule has 0 aromatic heterocycles. The second kappa shape index (κ2) is 5.35. The van der Waals surface area contributed by atoms with Gasteiger partial charge in [0, 0.05) is 11.8 Å². The van der Waals surface area contributed by atoms with Crippen molar-refractivity contribution >= 4 is 5.78 Å². The highest BCUT2D eigenvalue weighted by Crippen LogP contribution is 2.75. The van der Waals surface area contributed by atoms with E-state index in [-0.39, 0.29) is 5.41 Å². The fourth-order valence-electron chi connectivity index (χ4n) is 9.36. The van der Waals surface area contributed by atoms with E-state index in [1.807, 2.05) is 0 Å². The van der Waals surface area contributed by atoms with E-state index in [9.17, 15) is 4.79 Å². The molecule has 0 radical (unpaired) electrons. The molecule has 5 aliphatic rings. The molecule has 0 N–H and O–H groups in total. The summed E-state index contributed by atoms with van der Waals surface area (Å²) in [6.07, 6.45) is 16.5. The predicted octanol–water partition coefficient (Wildman–Crippen LogP) is 6.40. The van der Waals surface area contributed by atoms with Crippen LogP contribution in [0.2, 0.25) is 0 Å². The topological polar surface area (TPSA) is 17.1 Å². The molecule has 0 aromatic carbocycles. The Morgan fingerprint density at radius 2 is 1.76 bits per heavy atom. The highest BCUT2D eigenvalue weighted by molar-refractivity contribution is 5.87. The van der Waals surface area contributed by atoms with Crippen molar-refractivity contribution in [2.45, 2.75) is 97.8 Å². The van der Waals surface area contributed by atoms with Crippen molar-refractivity contribution in [3.8, 4) is 0 Å². The standard InChI is InChI=1S/C24H38O/c1-4-23-13-9-16(2)15-24(23,17-5-6-17)14-10-18-19-7-8-21(25)22(19,3)12-11-20(18)23/h16-20H,4-15H2,1-3H3. The Morgan fingerprint density at radius 1 is 0.960 bits per heavy atom. The Balaban J connectivity index is 1.55. The van der Waals surface area contributed by atoms with Gasteiger partial charge in [0.15, 0.2) is 0 Å². The summed E-state index contributed by atoms with van der Waals surface area (Å²) in [4.78, 5) is 12.7. The van der Waals surface area contributed by atoms with Gasteiger partial charge in [-0.25, -0.2) is 0 Å². The quantitative estimate of drug-likeness (QED) is 0.567. The van der Waals surface area contributed by atoms with Crippen LogP contribution in [0.3, 0.4) is 0 Å². The van der Waals surface area contributed by atoms with Gasteiger partial charge in [0.05, 0.1) is 0 Å². The van der Waals surface area contributed by atoms with Crippen molar-refractivity contribution in [3.63, 3.8) is 0 Å². The lowest BCUT2D eigenvalue weighted by molar-refractivity contribution is -0.186. The summed E-state index contributed by atoms with van der Waals surface area (Å²) < 4.78 is 0. The second-order valence-corrected chi connectivity index (χ2v) is 11.1. The van der Waals surface area contributed by atoms with E-state index >= 15 is 0 Å². The minimum atomic E-state index is 0.0532. The van der Waals surface area contributed by atoms with Crippen LogP contribution in [0.1, 0.15) is 97.8 Å². The SMILES string of the molecule is CCC12CCC(C)CC1(C1CC1)CCC1C3CCC(=O)C3(C)CCC12. The van der Waals surface area contributed by atoms with Crippen LogP contribution < -0.4 is 0 Å². The van der Waals surface area contributed by atoms with Gasteiger partial charge in [0.2, 0.25) is 0 Å². The van der Waals surface area contributed by atoms with Gasteiger partial charge in [0.25, 0.3) is 0 Å². The Kier molecular flexibility index (Phi) is 3.60. The first-order valence-electron chi connectivity index (χ1n) is 11.5. The molecule has 7 unspecified atom stereocenters. The molecule has 7 atom stereocenters. The van der Waals surface area contributed by atoms with Crippen molar-refractivity contribution in [2.24, 2.45) is 45.8 Å². The lowest BCUT2D eigenvalue weighted by Crippen LogP contribution is -2.60. The maximum atomic E-state index is 12.7. The van der Waals surface area contributed by atoms with Gasteiger partial charge in [-0.2, -0.15) is 0 Å². The van der Waals surface area contributed by atoms with E-state index in [0.29, 0.717) is 16.6 Å². The normalized spacial score (nSPS) is 55.4. The first-order chi connectivity index (χ1) is 12.0. The average molecular weight is 343 g/mol. The second-order valence-electron chi connectivity index (χ2n) is 11.1. The zero-order valence-corrected chi connectivity index (χ0v) is 16.8. The lowest BCUT2D eigenvalue weighted by atomic mass is 9.37. The molecule has 25 heavy (non-hydrogen) atoms. The minimum absolute atomic E-state index is 0.0532. The molecular formula is C24H38O. The summed E-state index contributed by atoms with van der Waals surface area (Å²) in [5.74, 6) is 5.12. The molecule has 5 fully saturated rings. The highest BCUT2D eigenvalue weighted by Gasteiger charge is 2.68. The molecule has 0 heterocycles. The van der Waals surface area contributed by atoms with Gasteiger partial charge in [-0.05, 0) is 105 Å². The van der Waals surface area contributed by atoms with Crippen molar-refractivity contribution < 1.29 is 4.79 Å². The van der Waals surface area contributed by atoms with Crippen LogP contribution in [0.5, 0.6) is 0 Å². The summed E-state index contributed by atoms with van der Waals surface area (Å²) in [5, 5.41) is 0. The minimum Gasteiger partial charge on any atom is -0.299 e. The molecule has 0 aromatic rings. The molecule has 0 bridgehead atoms. The van der Waals surface area contributed by atoms with Gasteiger partial charge in [-0.3, -0.25) is 4.79 Å². The molecule has 5 aliphatic carbocycles. The molecular weight excluding hydrogens is 304 g/mol. The van der Waals surface area contributed by atoms with Crippen LogP contribution in [0.15, 0.2) is 0 Å². The van der Waals surface area contributed by atoms with Crippen molar-refractivity contribution in [3.05, 3.63) is 0 Å². The van der Waals surface area contributed by atoms with E-state index in [1.165, 1.54) is 70.6 Å². The predicted molar refractivity (Wildman–Crippen MR) is 102 cm³/mol. The number of carbonyl (C=O) groups excluding carboxylic acids is 1. The zero-order valence-electron chi connectivity index (χ0n) is 16.8.